The van der Waals surface area contributed by atoms with Crippen LogP contribution in [0.15, 0.2) is 24.3 Å². The number of hydrogen-bond acceptors (Lipinski definition) is 4. The van der Waals surface area contributed by atoms with Gasteiger partial charge in [0.15, 0.2) is 5.69 Å². The van der Waals surface area contributed by atoms with Crippen LogP contribution < -0.4 is 10.1 Å². The molecule has 1 aromatic carbocycles. The van der Waals surface area contributed by atoms with E-state index in [-0.39, 0.29) is 5.91 Å². The number of para-hydroxylation sites is 1. The molecule has 1 aromatic heterocycles. The highest BCUT2D eigenvalue weighted by atomic mass is 16.5. The first-order chi connectivity index (χ1) is 13.1. The van der Waals surface area contributed by atoms with Crippen LogP contribution in [0.3, 0.4) is 0 Å². The molecule has 0 spiro atoms. The summed E-state index contributed by atoms with van der Waals surface area (Å²) < 4.78 is 7.62. The number of benzene rings is 1. The van der Waals surface area contributed by atoms with Crippen LogP contribution in [0, 0.1) is 5.92 Å². The van der Waals surface area contributed by atoms with Crippen molar-refractivity contribution in [2.75, 3.05) is 26.2 Å². The minimum Gasteiger partial charge on any atom is -0.488 e. The van der Waals surface area contributed by atoms with E-state index in [4.69, 9.17) is 4.74 Å². The molecule has 2 aliphatic rings. The van der Waals surface area contributed by atoms with Gasteiger partial charge in [0, 0.05) is 31.3 Å². The zero-order valence-electron chi connectivity index (χ0n) is 16.2. The van der Waals surface area contributed by atoms with Crippen molar-refractivity contribution in [2.24, 2.45) is 13.0 Å². The van der Waals surface area contributed by atoms with Gasteiger partial charge in [-0.15, -0.1) is 0 Å². The molecule has 1 N–H and O–H groups in total. The quantitative estimate of drug-likeness (QED) is 0.825. The molecule has 27 heavy (non-hydrogen) atoms. The Bertz CT molecular complexity index is 830. The maximum Gasteiger partial charge on any atom is 0.272 e. The lowest BCUT2D eigenvalue weighted by molar-refractivity contribution is 0.0942. The minimum absolute atomic E-state index is 0.109. The number of piperidine rings is 1. The monoisotopic (exact) mass is 368 g/mol. The highest BCUT2D eigenvalue weighted by molar-refractivity contribution is 5.96. The summed E-state index contributed by atoms with van der Waals surface area (Å²) in [6.07, 6.45) is 3.59. The van der Waals surface area contributed by atoms with Crippen LogP contribution in [-0.4, -0.2) is 46.8 Å². The van der Waals surface area contributed by atoms with Gasteiger partial charge in [-0.3, -0.25) is 9.48 Å². The number of aryl methyl sites for hydroxylation is 1. The SMILES string of the molecule is C[C@H]1CCCN(CCCNC(=O)c2nn(C)c3c2COc2ccccc2-3)C1. The van der Waals surface area contributed by atoms with Crippen LogP contribution >= 0.6 is 0 Å². The summed E-state index contributed by atoms with van der Waals surface area (Å²) in [5.74, 6) is 1.52. The average molecular weight is 368 g/mol. The smallest absolute Gasteiger partial charge is 0.272 e. The normalized spacial score (nSPS) is 19.1. The molecule has 0 aliphatic carbocycles. The molecular formula is C21H28N4O2. The summed E-state index contributed by atoms with van der Waals surface area (Å²) in [5, 5.41) is 7.52. The fourth-order valence-corrected chi connectivity index (χ4v) is 4.24. The van der Waals surface area contributed by atoms with Crippen LogP contribution in [0.2, 0.25) is 0 Å². The number of nitrogens with zero attached hydrogens (tertiary/aromatic N) is 3. The van der Waals surface area contributed by atoms with E-state index in [1.54, 1.807) is 4.68 Å². The molecule has 6 nitrogen and oxygen atoms in total. The van der Waals surface area contributed by atoms with E-state index >= 15 is 0 Å². The summed E-state index contributed by atoms with van der Waals surface area (Å²) in [5.41, 5.74) is 3.32. The van der Waals surface area contributed by atoms with Gasteiger partial charge in [0.05, 0.1) is 5.69 Å². The number of amides is 1. The van der Waals surface area contributed by atoms with Crippen molar-refractivity contribution in [1.82, 2.24) is 20.0 Å². The lowest BCUT2D eigenvalue weighted by Crippen LogP contribution is -2.36. The zero-order chi connectivity index (χ0) is 18.8. The largest absolute Gasteiger partial charge is 0.488 e. The molecule has 0 unspecified atom stereocenters. The van der Waals surface area contributed by atoms with E-state index in [1.807, 2.05) is 31.3 Å². The molecule has 144 valence electrons. The second kappa shape index (κ2) is 7.72. The molecule has 6 heteroatoms. The summed E-state index contributed by atoms with van der Waals surface area (Å²) in [6.45, 7) is 6.78. The van der Waals surface area contributed by atoms with Crippen LogP contribution in [0.1, 0.15) is 42.2 Å². The van der Waals surface area contributed by atoms with Crippen LogP contribution in [0.5, 0.6) is 5.75 Å². The van der Waals surface area contributed by atoms with E-state index < -0.39 is 0 Å². The van der Waals surface area contributed by atoms with Gasteiger partial charge in [0.2, 0.25) is 0 Å². The van der Waals surface area contributed by atoms with Crippen molar-refractivity contribution in [3.8, 4) is 17.0 Å². The molecule has 3 heterocycles. The first-order valence-corrected chi connectivity index (χ1v) is 9.92. The van der Waals surface area contributed by atoms with Crippen molar-refractivity contribution in [1.29, 1.82) is 0 Å². The Kier molecular flexibility index (Phi) is 5.16. The van der Waals surface area contributed by atoms with Crippen molar-refractivity contribution < 1.29 is 9.53 Å². The van der Waals surface area contributed by atoms with Gasteiger partial charge in [-0.25, -0.2) is 0 Å². The number of carbonyl (C=O) groups is 1. The maximum atomic E-state index is 12.7. The standard InChI is InChI=1S/C21H28N4O2/c1-15-7-5-11-25(13-15)12-6-10-22-21(26)19-17-14-27-18-9-4-3-8-16(18)20(17)24(2)23-19/h3-4,8-9,15H,5-7,10-14H2,1-2H3,(H,22,26)/t15-/m0/s1. The first-order valence-electron chi connectivity index (χ1n) is 9.92. The van der Waals surface area contributed by atoms with Crippen molar-refractivity contribution in [2.45, 2.75) is 32.8 Å². The molecule has 2 aromatic rings. The molecule has 1 fully saturated rings. The number of fused-ring (bicyclic) bond motifs is 3. The van der Waals surface area contributed by atoms with E-state index in [2.05, 4.69) is 22.2 Å². The summed E-state index contributed by atoms with van der Waals surface area (Å²) in [4.78, 5) is 15.2. The van der Waals surface area contributed by atoms with Gasteiger partial charge in [-0.05, 0) is 50.4 Å². The lowest BCUT2D eigenvalue weighted by atomic mass is 10.0. The number of hydrogen-bond donors (Lipinski definition) is 1. The number of carbonyl (C=O) groups excluding carboxylic acids is 1. The number of likely N-dealkylation sites (tertiary alicyclic amines) is 1. The van der Waals surface area contributed by atoms with Crippen molar-refractivity contribution in [3.63, 3.8) is 0 Å². The Hall–Kier alpha value is -2.34. The Morgan fingerprint density at radius 2 is 2.22 bits per heavy atom. The predicted molar refractivity (Wildman–Crippen MR) is 105 cm³/mol. The minimum atomic E-state index is -0.109. The zero-order valence-corrected chi connectivity index (χ0v) is 16.2. The average Bonchev–Trinajstić information content (AvgIpc) is 3.02. The number of aromatic nitrogens is 2. The molecule has 1 atom stereocenters. The van der Waals surface area contributed by atoms with Gasteiger partial charge < -0.3 is 15.0 Å². The van der Waals surface area contributed by atoms with E-state index in [1.165, 1.54) is 25.9 Å². The van der Waals surface area contributed by atoms with E-state index in [0.717, 1.165) is 41.5 Å². The Balaban J connectivity index is 1.38. The van der Waals surface area contributed by atoms with Crippen LogP contribution in [0.4, 0.5) is 0 Å². The molecule has 1 amide bonds. The Morgan fingerprint density at radius 1 is 1.37 bits per heavy atom. The Morgan fingerprint density at radius 3 is 3.07 bits per heavy atom. The highest BCUT2D eigenvalue weighted by Gasteiger charge is 2.28. The van der Waals surface area contributed by atoms with Crippen LogP contribution in [-0.2, 0) is 13.7 Å². The predicted octanol–water partition coefficient (Wildman–Crippen LogP) is 2.83. The summed E-state index contributed by atoms with van der Waals surface area (Å²) in [7, 11) is 1.88. The van der Waals surface area contributed by atoms with E-state index in [9.17, 15) is 4.79 Å². The fourth-order valence-electron chi connectivity index (χ4n) is 4.24. The van der Waals surface area contributed by atoms with Gasteiger partial charge >= 0.3 is 0 Å². The number of nitrogens with one attached hydrogen (secondary N) is 1. The van der Waals surface area contributed by atoms with Gasteiger partial charge in [0.25, 0.3) is 5.91 Å². The molecule has 1 saturated heterocycles. The first kappa shape index (κ1) is 18.0. The fraction of sp³-hybridized carbons (Fsp3) is 0.524. The van der Waals surface area contributed by atoms with Crippen LogP contribution in [0.25, 0.3) is 11.3 Å². The summed E-state index contributed by atoms with van der Waals surface area (Å²) in [6, 6.07) is 7.89. The van der Waals surface area contributed by atoms with Gasteiger partial charge in [-0.1, -0.05) is 19.1 Å². The third-order valence-corrected chi connectivity index (χ3v) is 5.55. The third kappa shape index (κ3) is 3.72. The molecule has 4 rings (SSSR count). The molecule has 0 saturated carbocycles. The topological polar surface area (TPSA) is 59.4 Å². The molecular weight excluding hydrogens is 340 g/mol. The number of rotatable bonds is 5. The lowest BCUT2D eigenvalue weighted by Gasteiger charge is -2.30. The molecule has 0 bridgehead atoms. The highest BCUT2D eigenvalue weighted by Crippen LogP contribution is 2.38. The maximum absolute atomic E-state index is 12.7. The second-order valence-corrected chi connectivity index (χ2v) is 7.74. The molecule has 0 radical (unpaired) electrons. The Labute approximate surface area is 160 Å². The van der Waals surface area contributed by atoms with Gasteiger partial charge in [0.1, 0.15) is 12.4 Å². The van der Waals surface area contributed by atoms with Crippen molar-refractivity contribution >= 4 is 5.91 Å². The van der Waals surface area contributed by atoms with Gasteiger partial charge in [-0.2, -0.15) is 5.10 Å². The van der Waals surface area contributed by atoms with E-state index in [0.29, 0.717) is 18.8 Å². The third-order valence-electron chi connectivity index (χ3n) is 5.55. The molecule has 2 aliphatic heterocycles. The number of ether oxygens (including phenoxy) is 1. The van der Waals surface area contributed by atoms with Crippen molar-refractivity contribution in [3.05, 3.63) is 35.5 Å². The summed E-state index contributed by atoms with van der Waals surface area (Å²) >= 11 is 0. The second-order valence-electron chi connectivity index (χ2n) is 7.74.